The van der Waals surface area contributed by atoms with Crippen molar-refractivity contribution in [2.45, 2.75) is 38.3 Å². The zero-order valence-corrected chi connectivity index (χ0v) is 16.9. The topological polar surface area (TPSA) is 73.4 Å². The van der Waals surface area contributed by atoms with E-state index in [2.05, 4.69) is 26.7 Å². The van der Waals surface area contributed by atoms with Gasteiger partial charge < -0.3 is 20.4 Å². The first-order valence-corrected chi connectivity index (χ1v) is 9.88. The standard InChI is InChI=1S/C21H30N6O/c1-16(17-6-4-11-22-14-17)24-21(28)27-12-5-7-18(10-13-27)25-19-8-9-20(23-15-19)26(2)3/h4,6,8-9,11,14-16,18,25H,5,7,10,12-13H2,1-3H3,(H,24,28)/t16-,18+/m0/s1. The van der Waals surface area contributed by atoms with E-state index in [9.17, 15) is 4.79 Å². The molecule has 2 aromatic heterocycles. The van der Waals surface area contributed by atoms with Crippen LogP contribution in [-0.4, -0.2) is 54.1 Å². The maximum absolute atomic E-state index is 12.7. The molecule has 7 heteroatoms. The van der Waals surface area contributed by atoms with Gasteiger partial charge in [0.2, 0.25) is 0 Å². The maximum Gasteiger partial charge on any atom is 0.317 e. The molecule has 2 aromatic rings. The summed E-state index contributed by atoms with van der Waals surface area (Å²) in [4.78, 5) is 25.1. The molecule has 0 radical (unpaired) electrons. The molecule has 3 rings (SSSR count). The molecule has 7 nitrogen and oxygen atoms in total. The summed E-state index contributed by atoms with van der Waals surface area (Å²) >= 11 is 0. The van der Waals surface area contributed by atoms with E-state index >= 15 is 0 Å². The van der Waals surface area contributed by atoms with Crippen molar-refractivity contribution in [1.29, 1.82) is 0 Å². The second kappa shape index (κ2) is 9.39. The fourth-order valence-electron chi connectivity index (χ4n) is 3.41. The molecule has 0 aromatic carbocycles. The summed E-state index contributed by atoms with van der Waals surface area (Å²) in [5, 5.41) is 6.65. The van der Waals surface area contributed by atoms with E-state index in [0.717, 1.165) is 49.4 Å². The number of hydrogen-bond donors (Lipinski definition) is 2. The molecule has 0 aliphatic carbocycles. The molecular weight excluding hydrogens is 352 g/mol. The van der Waals surface area contributed by atoms with Crippen LogP contribution in [0.1, 0.15) is 37.8 Å². The molecule has 1 saturated heterocycles. The first kappa shape index (κ1) is 19.9. The third-order valence-corrected chi connectivity index (χ3v) is 5.12. The lowest BCUT2D eigenvalue weighted by atomic mass is 10.1. The number of nitrogens with zero attached hydrogens (tertiary/aromatic N) is 4. The summed E-state index contributed by atoms with van der Waals surface area (Å²) in [7, 11) is 3.96. The van der Waals surface area contributed by atoms with E-state index in [1.807, 2.05) is 55.2 Å². The summed E-state index contributed by atoms with van der Waals surface area (Å²) in [6.45, 7) is 3.51. The predicted octanol–water partition coefficient (Wildman–Crippen LogP) is 3.28. The molecule has 1 aliphatic rings. The monoisotopic (exact) mass is 382 g/mol. The number of carbonyl (C=O) groups is 1. The van der Waals surface area contributed by atoms with Crippen molar-refractivity contribution in [3.63, 3.8) is 0 Å². The molecular formula is C21H30N6O. The lowest BCUT2D eigenvalue weighted by Gasteiger charge is -2.24. The maximum atomic E-state index is 12.7. The van der Waals surface area contributed by atoms with Crippen LogP contribution in [0.15, 0.2) is 42.9 Å². The van der Waals surface area contributed by atoms with Crippen molar-refractivity contribution in [1.82, 2.24) is 20.2 Å². The second-order valence-electron chi connectivity index (χ2n) is 7.52. The average molecular weight is 383 g/mol. The predicted molar refractivity (Wildman–Crippen MR) is 113 cm³/mol. The van der Waals surface area contributed by atoms with Gasteiger partial charge in [0.15, 0.2) is 0 Å². The summed E-state index contributed by atoms with van der Waals surface area (Å²) in [6.07, 6.45) is 8.35. The van der Waals surface area contributed by atoms with E-state index in [-0.39, 0.29) is 12.1 Å². The fraction of sp³-hybridized carbons (Fsp3) is 0.476. The number of pyridine rings is 2. The Morgan fingerprint density at radius 1 is 1.21 bits per heavy atom. The van der Waals surface area contributed by atoms with Crippen LogP contribution in [0.2, 0.25) is 0 Å². The van der Waals surface area contributed by atoms with Crippen LogP contribution >= 0.6 is 0 Å². The molecule has 2 amide bonds. The van der Waals surface area contributed by atoms with E-state index in [4.69, 9.17) is 0 Å². The lowest BCUT2D eigenvalue weighted by Crippen LogP contribution is -2.41. The summed E-state index contributed by atoms with van der Waals surface area (Å²) < 4.78 is 0. The van der Waals surface area contributed by atoms with Gasteiger partial charge in [-0.05, 0) is 49.9 Å². The molecule has 2 N–H and O–H groups in total. The van der Waals surface area contributed by atoms with Crippen LogP contribution < -0.4 is 15.5 Å². The van der Waals surface area contributed by atoms with Crippen molar-refractivity contribution in [3.8, 4) is 0 Å². The Bertz CT molecular complexity index is 749. The molecule has 0 bridgehead atoms. The van der Waals surface area contributed by atoms with Crippen LogP contribution in [0.3, 0.4) is 0 Å². The number of likely N-dealkylation sites (tertiary alicyclic amines) is 1. The van der Waals surface area contributed by atoms with Gasteiger partial charge in [0, 0.05) is 45.6 Å². The fourth-order valence-corrected chi connectivity index (χ4v) is 3.41. The molecule has 1 fully saturated rings. The molecule has 28 heavy (non-hydrogen) atoms. The van der Waals surface area contributed by atoms with Crippen molar-refractivity contribution >= 4 is 17.5 Å². The first-order chi connectivity index (χ1) is 13.5. The van der Waals surface area contributed by atoms with Gasteiger partial charge in [-0.15, -0.1) is 0 Å². The number of urea groups is 1. The highest BCUT2D eigenvalue weighted by Gasteiger charge is 2.22. The summed E-state index contributed by atoms with van der Waals surface area (Å²) in [5.41, 5.74) is 2.04. The van der Waals surface area contributed by atoms with Gasteiger partial charge >= 0.3 is 6.03 Å². The van der Waals surface area contributed by atoms with Crippen LogP contribution in [0.5, 0.6) is 0 Å². The van der Waals surface area contributed by atoms with Gasteiger partial charge in [0.05, 0.1) is 17.9 Å². The van der Waals surface area contributed by atoms with E-state index in [0.29, 0.717) is 6.04 Å². The van der Waals surface area contributed by atoms with E-state index in [1.165, 1.54) is 0 Å². The lowest BCUT2D eigenvalue weighted by molar-refractivity contribution is 0.196. The Kier molecular flexibility index (Phi) is 6.68. The minimum atomic E-state index is -0.0559. The SMILES string of the molecule is C[C@H](NC(=O)N1CCC[C@@H](Nc2ccc(N(C)C)nc2)CC1)c1cccnc1. The smallest absolute Gasteiger partial charge is 0.317 e. The van der Waals surface area contributed by atoms with Crippen molar-refractivity contribution in [2.75, 3.05) is 37.4 Å². The summed E-state index contributed by atoms with van der Waals surface area (Å²) in [5.74, 6) is 0.942. The van der Waals surface area contributed by atoms with Crippen LogP contribution in [-0.2, 0) is 0 Å². The van der Waals surface area contributed by atoms with Crippen molar-refractivity contribution in [2.24, 2.45) is 0 Å². The number of amides is 2. The number of hydrogen-bond acceptors (Lipinski definition) is 5. The number of rotatable bonds is 5. The molecule has 0 spiro atoms. The Labute approximate surface area is 167 Å². The number of anilines is 2. The first-order valence-electron chi connectivity index (χ1n) is 9.88. The highest BCUT2D eigenvalue weighted by molar-refractivity contribution is 5.74. The Morgan fingerprint density at radius 2 is 2.07 bits per heavy atom. The zero-order chi connectivity index (χ0) is 19.9. The number of aromatic nitrogens is 2. The minimum absolute atomic E-state index is 0.00555. The van der Waals surface area contributed by atoms with Gasteiger partial charge in [-0.3, -0.25) is 4.98 Å². The Hall–Kier alpha value is -2.83. The zero-order valence-electron chi connectivity index (χ0n) is 16.9. The largest absolute Gasteiger partial charge is 0.381 e. The Morgan fingerprint density at radius 3 is 2.75 bits per heavy atom. The number of nitrogens with one attached hydrogen (secondary N) is 2. The van der Waals surface area contributed by atoms with Gasteiger partial charge in [0.1, 0.15) is 5.82 Å². The molecule has 150 valence electrons. The third kappa shape index (κ3) is 5.34. The minimum Gasteiger partial charge on any atom is -0.381 e. The van der Waals surface area contributed by atoms with Crippen LogP contribution in [0.25, 0.3) is 0 Å². The van der Waals surface area contributed by atoms with Crippen LogP contribution in [0, 0.1) is 0 Å². The molecule has 1 aliphatic heterocycles. The molecule has 0 unspecified atom stereocenters. The molecule has 3 heterocycles. The highest BCUT2D eigenvalue weighted by Crippen LogP contribution is 2.19. The Balaban J connectivity index is 1.50. The van der Waals surface area contributed by atoms with Gasteiger partial charge in [-0.2, -0.15) is 0 Å². The summed E-state index contributed by atoms with van der Waals surface area (Å²) in [6, 6.07) is 8.23. The van der Waals surface area contributed by atoms with Crippen molar-refractivity contribution in [3.05, 3.63) is 48.4 Å². The molecule has 0 saturated carbocycles. The van der Waals surface area contributed by atoms with E-state index < -0.39 is 0 Å². The quantitative estimate of drug-likeness (QED) is 0.830. The molecule has 2 atom stereocenters. The number of carbonyl (C=O) groups excluding carboxylic acids is 1. The van der Waals surface area contributed by atoms with Gasteiger partial charge in [0.25, 0.3) is 0 Å². The van der Waals surface area contributed by atoms with Gasteiger partial charge in [-0.1, -0.05) is 6.07 Å². The van der Waals surface area contributed by atoms with Crippen LogP contribution in [0.4, 0.5) is 16.3 Å². The van der Waals surface area contributed by atoms with Gasteiger partial charge in [-0.25, -0.2) is 9.78 Å². The second-order valence-corrected chi connectivity index (χ2v) is 7.52. The third-order valence-electron chi connectivity index (χ3n) is 5.12. The van der Waals surface area contributed by atoms with Crippen molar-refractivity contribution < 1.29 is 4.79 Å². The average Bonchev–Trinajstić information content (AvgIpc) is 2.94. The van der Waals surface area contributed by atoms with E-state index in [1.54, 1.807) is 12.4 Å². The highest BCUT2D eigenvalue weighted by atomic mass is 16.2. The normalized spacial score (nSPS) is 18.1.